The van der Waals surface area contributed by atoms with Crippen LogP contribution >= 0.6 is 0 Å². The van der Waals surface area contributed by atoms with Crippen molar-refractivity contribution >= 4 is 5.82 Å². The molecule has 1 N–H and O–H groups in total. The Morgan fingerprint density at radius 3 is 2.60 bits per heavy atom. The molecule has 0 saturated heterocycles. The SMILES string of the molecule is CCCc1nc(NC)c(C)c(-c2cc(F)ccc2C)n1. The Kier molecular flexibility index (Phi) is 4.32. The summed E-state index contributed by atoms with van der Waals surface area (Å²) >= 11 is 0. The van der Waals surface area contributed by atoms with Gasteiger partial charge in [-0.25, -0.2) is 14.4 Å². The summed E-state index contributed by atoms with van der Waals surface area (Å²) in [6.07, 6.45) is 1.80. The zero-order valence-electron chi connectivity index (χ0n) is 12.4. The molecule has 0 aliphatic heterocycles. The molecule has 106 valence electrons. The number of nitrogens with one attached hydrogen (secondary N) is 1. The van der Waals surface area contributed by atoms with Crippen LogP contribution in [-0.2, 0) is 6.42 Å². The molecule has 20 heavy (non-hydrogen) atoms. The molecule has 0 aliphatic carbocycles. The lowest BCUT2D eigenvalue weighted by Crippen LogP contribution is -2.06. The molecule has 1 aromatic carbocycles. The van der Waals surface area contributed by atoms with E-state index in [1.165, 1.54) is 6.07 Å². The summed E-state index contributed by atoms with van der Waals surface area (Å²) in [4.78, 5) is 9.13. The minimum absolute atomic E-state index is 0.244. The predicted molar refractivity (Wildman–Crippen MR) is 80.4 cm³/mol. The van der Waals surface area contributed by atoms with Crippen LogP contribution in [0.15, 0.2) is 18.2 Å². The Balaban J connectivity index is 2.65. The van der Waals surface area contributed by atoms with E-state index in [4.69, 9.17) is 0 Å². The lowest BCUT2D eigenvalue weighted by molar-refractivity contribution is 0.628. The molecule has 0 unspecified atom stereocenters. The zero-order chi connectivity index (χ0) is 14.7. The fraction of sp³-hybridized carbons (Fsp3) is 0.375. The Bertz CT molecular complexity index is 623. The molecule has 0 saturated carbocycles. The quantitative estimate of drug-likeness (QED) is 0.918. The van der Waals surface area contributed by atoms with Crippen LogP contribution < -0.4 is 5.32 Å². The highest BCUT2D eigenvalue weighted by Crippen LogP contribution is 2.29. The molecule has 4 heteroatoms. The molecule has 1 aromatic heterocycles. The molecule has 3 nitrogen and oxygen atoms in total. The smallest absolute Gasteiger partial charge is 0.132 e. The first-order valence-corrected chi connectivity index (χ1v) is 6.88. The van der Waals surface area contributed by atoms with Crippen molar-refractivity contribution in [2.75, 3.05) is 12.4 Å². The number of aromatic nitrogens is 2. The third-order valence-corrected chi connectivity index (χ3v) is 3.36. The van der Waals surface area contributed by atoms with E-state index >= 15 is 0 Å². The highest BCUT2D eigenvalue weighted by atomic mass is 19.1. The van der Waals surface area contributed by atoms with Gasteiger partial charge in [-0.05, 0) is 38.0 Å². The monoisotopic (exact) mass is 273 g/mol. The van der Waals surface area contributed by atoms with Crippen molar-refractivity contribution in [1.82, 2.24) is 9.97 Å². The average Bonchev–Trinajstić information content (AvgIpc) is 2.43. The van der Waals surface area contributed by atoms with Gasteiger partial charge in [-0.2, -0.15) is 0 Å². The van der Waals surface area contributed by atoms with Crippen LogP contribution in [0.3, 0.4) is 0 Å². The van der Waals surface area contributed by atoms with Crippen LogP contribution in [0.4, 0.5) is 10.2 Å². The van der Waals surface area contributed by atoms with E-state index in [1.54, 1.807) is 12.1 Å². The van der Waals surface area contributed by atoms with Crippen LogP contribution in [0.5, 0.6) is 0 Å². The third kappa shape index (κ3) is 2.79. The van der Waals surface area contributed by atoms with E-state index in [0.29, 0.717) is 0 Å². The average molecular weight is 273 g/mol. The number of anilines is 1. The summed E-state index contributed by atoms with van der Waals surface area (Å²) in [7, 11) is 1.84. The summed E-state index contributed by atoms with van der Waals surface area (Å²) in [5.41, 5.74) is 3.60. The van der Waals surface area contributed by atoms with Gasteiger partial charge in [-0.1, -0.05) is 13.0 Å². The number of hydrogen-bond donors (Lipinski definition) is 1. The van der Waals surface area contributed by atoms with Gasteiger partial charge in [-0.15, -0.1) is 0 Å². The summed E-state index contributed by atoms with van der Waals surface area (Å²) in [5.74, 6) is 1.36. The van der Waals surface area contributed by atoms with Gasteiger partial charge in [0.2, 0.25) is 0 Å². The van der Waals surface area contributed by atoms with E-state index in [0.717, 1.165) is 46.9 Å². The van der Waals surface area contributed by atoms with E-state index in [2.05, 4.69) is 22.2 Å². The van der Waals surface area contributed by atoms with E-state index in [1.807, 2.05) is 20.9 Å². The van der Waals surface area contributed by atoms with E-state index in [-0.39, 0.29) is 5.82 Å². The number of aryl methyl sites for hydroxylation is 2. The Hall–Kier alpha value is -1.97. The van der Waals surface area contributed by atoms with Crippen molar-refractivity contribution < 1.29 is 4.39 Å². The van der Waals surface area contributed by atoms with Crippen molar-refractivity contribution in [3.05, 3.63) is 41.0 Å². The Morgan fingerprint density at radius 1 is 1.20 bits per heavy atom. The van der Waals surface area contributed by atoms with Crippen molar-refractivity contribution in [3.8, 4) is 11.3 Å². The summed E-state index contributed by atoms with van der Waals surface area (Å²) in [6.45, 7) is 6.02. The lowest BCUT2D eigenvalue weighted by Gasteiger charge is -2.14. The van der Waals surface area contributed by atoms with Crippen molar-refractivity contribution in [1.29, 1.82) is 0 Å². The van der Waals surface area contributed by atoms with Crippen molar-refractivity contribution in [2.45, 2.75) is 33.6 Å². The molecule has 1 heterocycles. The largest absolute Gasteiger partial charge is 0.373 e. The molecule has 0 aliphatic rings. The number of rotatable bonds is 4. The van der Waals surface area contributed by atoms with E-state index < -0.39 is 0 Å². The molecule has 2 rings (SSSR count). The van der Waals surface area contributed by atoms with E-state index in [9.17, 15) is 4.39 Å². The summed E-state index contributed by atoms with van der Waals surface area (Å²) in [5, 5.41) is 3.09. The molecular formula is C16H20FN3. The summed E-state index contributed by atoms with van der Waals surface area (Å²) < 4.78 is 13.5. The maximum atomic E-state index is 13.5. The highest BCUT2D eigenvalue weighted by Gasteiger charge is 2.14. The van der Waals surface area contributed by atoms with Gasteiger partial charge in [-0.3, -0.25) is 0 Å². The number of benzene rings is 1. The second kappa shape index (κ2) is 5.99. The third-order valence-electron chi connectivity index (χ3n) is 3.36. The molecular weight excluding hydrogens is 253 g/mol. The van der Waals surface area contributed by atoms with Gasteiger partial charge in [0.15, 0.2) is 0 Å². The molecule has 0 bridgehead atoms. The second-order valence-electron chi connectivity index (χ2n) is 4.92. The van der Waals surface area contributed by atoms with Crippen LogP contribution in [0, 0.1) is 19.7 Å². The second-order valence-corrected chi connectivity index (χ2v) is 4.92. The Labute approximate surface area is 119 Å². The molecule has 0 radical (unpaired) electrons. The zero-order valence-corrected chi connectivity index (χ0v) is 12.4. The first kappa shape index (κ1) is 14.4. The highest BCUT2D eigenvalue weighted by molar-refractivity contribution is 5.70. The maximum absolute atomic E-state index is 13.5. The molecule has 0 amide bonds. The maximum Gasteiger partial charge on any atom is 0.132 e. The van der Waals surface area contributed by atoms with Crippen LogP contribution in [0.1, 0.15) is 30.3 Å². The van der Waals surface area contributed by atoms with Gasteiger partial charge >= 0.3 is 0 Å². The summed E-state index contributed by atoms with van der Waals surface area (Å²) in [6, 6.07) is 4.80. The topological polar surface area (TPSA) is 37.8 Å². The minimum atomic E-state index is -0.244. The molecule has 2 aromatic rings. The van der Waals surface area contributed by atoms with Gasteiger partial charge in [0.05, 0.1) is 5.69 Å². The molecule has 0 spiro atoms. The van der Waals surface area contributed by atoms with Crippen molar-refractivity contribution in [2.24, 2.45) is 0 Å². The normalized spacial score (nSPS) is 10.7. The van der Waals surface area contributed by atoms with Crippen LogP contribution in [-0.4, -0.2) is 17.0 Å². The van der Waals surface area contributed by atoms with Gasteiger partial charge in [0.25, 0.3) is 0 Å². The number of nitrogens with zero attached hydrogens (tertiary/aromatic N) is 2. The fourth-order valence-electron chi connectivity index (χ4n) is 2.25. The standard InChI is InChI=1S/C16H20FN3/c1-5-6-14-19-15(11(3)16(18-4)20-14)13-9-12(17)8-7-10(13)2/h7-9H,5-6H2,1-4H3,(H,18,19,20). The molecule has 0 atom stereocenters. The molecule has 0 fully saturated rings. The fourth-order valence-corrected chi connectivity index (χ4v) is 2.25. The predicted octanol–water partition coefficient (Wildman–Crippen LogP) is 3.89. The van der Waals surface area contributed by atoms with Crippen LogP contribution in [0.2, 0.25) is 0 Å². The first-order chi connectivity index (χ1) is 9.56. The van der Waals surface area contributed by atoms with Crippen LogP contribution in [0.25, 0.3) is 11.3 Å². The number of hydrogen-bond acceptors (Lipinski definition) is 3. The van der Waals surface area contributed by atoms with Gasteiger partial charge in [0, 0.05) is 24.6 Å². The van der Waals surface area contributed by atoms with Gasteiger partial charge in [0.1, 0.15) is 17.5 Å². The number of halogens is 1. The first-order valence-electron chi connectivity index (χ1n) is 6.88. The lowest BCUT2D eigenvalue weighted by atomic mass is 10.0. The Morgan fingerprint density at radius 2 is 1.95 bits per heavy atom. The minimum Gasteiger partial charge on any atom is -0.373 e. The van der Waals surface area contributed by atoms with Crippen molar-refractivity contribution in [3.63, 3.8) is 0 Å². The van der Waals surface area contributed by atoms with Gasteiger partial charge < -0.3 is 5.32 Å².